The summed E-state index contributed by atoms with van der Waals surface area (Å²) in [5, 5.41) is 8.21. The van der Waals surface area contributed by atoms with Gasteiger partial charge in [0.05, 0.1) is 51.1 Å². The molecule has 3 aromatic carbocycles. The molecular formula is C24H25N3O6. The fourth-order valence-corrected chi connectivity index (χ4v) is 3.08. The van der Waals surface area contributed by atoms with Crippen LogP contribution in [0.3, 0.4) is 0 Å². The van der Waals surface area contributed by atoms with Gasteiger partial charge in [-0.25, -0.2) is 4.79 Å². The molecule has 33 heavy (non-hydrogen) atoms. The fraction of sp³-hybridized carbons (Fsp3) is 0.167. The minimum absolute atomic E-state index is 0.259. The Morgan fingerprint density at radius 2 is 1.12 bits per heavy atom. The highest BCUT2D eigenvalue weighted by molar-refractivity contribution is 6.11. The highest BCUT2D eigenvalue weighted by Crippen LogP contribution is 2.31. The van der Waals surface area contributed by atoms with Gasteiger partial charge in [-0.2, -0.15) is 0 Å². The van der Waals surface area contributed by atoms with Gasteiger partial charge in [0.2, 0.25) is 0 Å². The molecule has 0 aliphatic carbocycles. The highest BCUT2D eigenvalue weighted by atomic mass is 16.5. The average Bonchev–Trinajstić information content (AvgIpc) is 2.84. The van der Waals surface area contributed by atoms with Gasteiger partial charge in [0.1, 0.15) is 23.0 Å². The van der Waals surface area contributed by atoms with Crippen LogP contribution in [0.5, 0.6) is 23.0 Å². The Bertz CT molecular complexity index is 1150. The van der Waals surface area contributed by atoms with Crippen molar-refractivity contribution < 1.29 is 28.5 Å². The molecule has 0 spiro atoms. The molecule has 0 unspecified atom stereocenters. The zero-order valence-electron chi connectivity index (χ0n) is 18.7. The summed E-state index contributed by atoms with van der Waals surface area (Å²) in [4.78, 5) is 25.7. The van der Waals surface area contributed by atoms with E-state index in [1.807, 2.05) is 0 Å². The molecule has 3 amide bonds. The molecule has 172 valence electrons. The Balaban J connectivity index is 1.80. The van der Waals surface area contributed by atoms with E-state index < -0.39 is 11.9 Å². The molecular weight excluding hydrogens is 426 g/mol. The monoisotopic (exact) mass is 451 g/mol. The molecule has 0 atom stereocenters. The van der Waals surface area contributed by atoms with E-state index in [1.165, 1.54) is 28.4 Å². The lowest BCUT2D eigenvalue weighted by molar-refractivity contribution is 0.102. The lowest BCUT2D eigenvalue weighted by Crippen LogP contribution is -2.22. The van der Waals surface area contributed by atoms with Crippen molar-refractivity contribution >= 4 is 29.0 Å². The smallest absolute Gasteiger partial charge is 0.323 e. The van der Waals surface area contributed by atoms with Crippen LogP contribution >= 0.6 is 0 Å². The van der Waals surface area contributed by atoms with Crippen LogP contribution in [-0.2, 0) is 0 Å². The summed E-state index contributed by atoms with van der Waals surface area (Å²) >= 11 is 0. The zero-order chi connectivity index (χ0) is 23.8. The Hall–Kier alpha value is -4.40. The van der Waals surface area contributed by atoms with Gasteiger partial charge < -0.3 is 34.9 Å². The van der Waals surface area contributed by atoms with Gasteiger partial charge in [0.25, 0.3) is 5.91 Å². The van der Waals surface area contributed by atoms with E-state index in [0.29, 0.717) is 40.1 Å². The lowest BCUT2D eigenvalue weighted by Gasteiger charge is -2.15. The second-order valence-electron chi connectivity index (χ2n) is 6.71. The summed E-state index contributed by atoms with van der Waals surface area (Å²) in [5.41, 5.74) is 1.42. The summed E-state index contributed by atoms with van der Waals surface area (Å²) in [6, 6.07) is 16.2. The third kappa shape index (κ3) is 5.65. The molecule has 9 heteroatoms. The number of nitrogens with one attached hydrogen (secondary N) is 3. The molecule has 3 rings (SSSR count). The van der Waals surface area contributed by atoms with Crippen molar-refractivity contribution in [3.05, 3.63) is 66.2 Å². The van der Waals surface area contributed by atoms with Crippen LogP contribution in [0, 0.1) is 0 Å². The second-order valence-corrected chi connectivity index (χ2v) is 6.71. The first-order chi connectivity index (χ1) is 16.0. The summed E-state index contributed by atoms with van der Waals surface area (Å²) in [6.07, 6.45) is 0. The van der Waals surface area contributed by atoms with Crippen LogP contribution in [0.15, 0.2) is 60.7 Å². The maximum absolute atomic E-state index is 13.0. The third-order valence-corrected chi connectivity index (χ3v) is 4.73. The first-order valence-electron chi connectivity index (χ1n) is 9.91. The quantitative estimate of drug-likeness (QED) is 0.461. The number of rotatable bonds is 8. The van der Waals surface area contributed by atoms with Crippen molar-refractivity contribution in [1.82, 2.24) is 0 Å². The van der Waals surface area contributed by atoms with Gasteiger partial charge in [0, 0.05) is 12.1 Å². The number of methoxy groups -OCH3 is 4. The molecule has 0 radical (unpaired) electrons. The van der Waals surface area contributed by atoms with E-state index in [4.69, 9.17) is 18.9 Å². The predicted octanol–water partition coefficient (Wildman–Crippen LogP) is 4.62. The maximum Gasteiger partial charge on any atom is 0.323 e. The van der Waals surface area contributed by atoms with E-state index >= 15 is 0 Å². The minimum atomic E-state index is -0.555. The van der Waals surface area contributed by atoms with Crippen LogP contribution in [0.1, 0.15) is 10.4 Å². The predicted molar refractivity (Wildman–Crippen MR) is 126 cm³/mol. The normalized spacial score (nSPS) is 10.1. The number of urea groups is 1. The molecule has 0 heterocycles. The van der Waals surface area contributed by atoms with Gasteiger partial charge in [0.15, 0.2) is 0 Å². The molecule has 0 aliphatic heterocycles. The van der Waals surface area contributed by atoms with Crippen molar-refractivity contribution in [1.29, 1.82) is 0 Å². The molecule has 0 aliphatic rings. The Morgan fingerprint density at radius 1 is 0.606 bits per heavy atom. The standard InChI is InChI=1S/C24H25N3O6/c1-30-15-9-11-21(32-3)19(13-15)25-23(28)17-7-5-6-8-18(17)26-24(29)27-20-14-16(31-2)10-12-22(20)33-4/h5-14H,1-4H3,(H,25,28)(H2,26,27,29). The zero-order valence-corrected chi connectivity index (χ0v) is 18.7. The molecule has 0 bridgehead atoms. The molecule has 9 nitrogen and oxygen atoms in total. The average molecular weight is 451 g/mol. The molecule has 0 saturated heterocycles. The number of hydrogen-bond donors (Lipinski definition) is 3. The highest BCUT2D eigenvalue weighted by Gasteiger charge is 2.17. The number of amides is 3. The topological polar surface area (TPSA) is 107 Å². The molecule has 0 aromatic heterocycles. The first-order valence-corrected chi connectivity index (χ1v) is 9.91. The van der Waals surface area contributed by atoms with Gasteiger partial charge in [-0.3, -0.25) is 4.79 Å². The fourth-order valence-electron chi connectivity index (χ4n) is 3.08. The van der Waals surface area contributed by atoms with Gasteiger partial charge >= 0.3 is 6.03 Å². The van der Waals surface area contributed by atoms with E-state index in [1.54, 1.807) is 60.7 Å². The third-order valence-electron chi connectivity index (χ3n) is 4.73. The minimum Gasteiger partial charge on any atom is -0.497 e. The van der Waals surface area contributed by atoms with Crippen LogP contribution in [-0.4, -0.2) is 40.4 Å². The number of anilines is 3. The number of benzene rings is 3. The number of ether oxygens (including phenoxy) is 4. The lowest BCUT2D eigenvalue weighted by atomic mass is 10.1. The molecule has 0 fully saturated rings. The molecule has 3 aromatic rings. The van der Waals surface area contributed by atoms with Gasteiger partial charge in [-0.05, 0) is 36.4 Å². The van der Waals surface area contributed by atoms with Crippen LogP contribution in [0.2, 0.25) is 0 Å². The summed E-state index contributed by atoms with van der Waals surface area (Å²) in [5.74, 6) is 1.61. The van der Waals surface area contributed by atoms with E-state index in [0.717, 1.165) is 0 Å². The maximum atomic E-state index is 13.0. The number of hydrogen-bond acceptors (Lipinski definition) is 6. The van der Waals surface area contributed by atoms with Crippen molar-refractivity contribution in [2.75, 3.05) is 44.4 Å². The van der Waals surface area contributed by atoms with Gasteiger partial charge in [-0.1, -0.05) is 12.1 Å². The van der Waals surface area contributed by atoms with Crippen LogP contribution in [0.4, 0.5) is 21.9 Å². The van der Waals surface area contributed by atoms with Crippen LogP contribution in [0.25, 0.3) is 0 Å². The summed E-state index contributed by atoms with van der Waals surface area (Å²) < 4.78 is 21.0. The molecule has 0 saturated carbocycles. The van der Waals surface area contributed by atoms with E-state index in [9.17, 15) is 9.59 Å². The Kier molecular flexibility index (Phi) is 7.59. The number of carbonyl (C=O) groups is 2. The summed E-state index contributed by atoms with van der Waals surface area (Å²) in [6.45, 7) is 0. The number of para-hydroxylation sites is 1. The van der Waals surface area contributed by atoms with Crippen molar-refractivity contribution in [2.24, 2.45) is 0 Å². The Morgan fingerprint density at radius 3 is 1.67 bits per heavy atom. The largest absolute Gasteiger partial charge is 0.497 e. The summed E-state index contributed by atoms with van der Waals surface area (Å²) in [7, 11) is 6.06. The second kappa shape index (κ2) is 10.8. The first kappa shape index (κ1) is 23.3. The van der Waals surface area contributed by atoms with Crippen molar-refractivity contribution in [3.8, 4) is 23.0 Å². The number of carbonyl (C=O) groups excluding carboxylic acids is 2. The van der Waals surface area contributed by atoms with Crippen molar-refractivity contribution in [3.63, 3.8) is 0 Å². The van der Waals surface area contributed by atoms with Crippen molar-refractivity contribution in [2.45, 2.75) is 0 Å². The van der Waals surface area contributed by atoms with E-state index in [-0.39, 0.29) is 5.56 Å². The van der Waals surface area contributed by atoms with Crippen LogP contribution < -0.4 is 34.9 Å². The molecule has 3 N–H and O–H groups in total. The Labute approximate surface area is 191 Å². The SMILES string of the molecule is COc1ccc(OC)c(NC(=O)Nc2ccccc2C(=O)Nc2cc(OC)ccc2OC)c1. The van der Waals surface area contributed by atoms with E-state index in [2.05, 4.69) is 16.0 Å². The van der Waals surface area contributed by atoms with Gasteiger partial charge in [-0.15, -0.1) is 0 Å².